The number of pyridine rings is 1. The summed E-state index contributed by atoms with van der Waals surface area (Å²) < 4.78 is 13.0. The molecule has 0 saturated carbocycles. The largest absolute Gasteiger partial charge is 0.496 e. The Morgan fingerprint density at radius 3 is 2.68 bits per heavy atom. The second-order valence-corrected chi connectivity index (χ2v) is 8.88. The van der Waals surface area contributed by atoms with Gasteiger partial charge in [-0.15, -0.1) is 0 Å². The minimum atomic E-state index is -1.02. The number of para-hydroxylation sites is 1. The van der Waals surface area contributed by atoms with Crippen LogP contribution in [0.25, 0.3) is 40.0 Å². The number of morpholine rings is 1. The van der Waals surface area contributed by atoms with Crippen LogP contribution in [0, 0.1) is 0 Å². The van der Waals surface area contributed by atoms with Gasteiger partial charge in [0, 0.05) is 24.0 Å². The summed E-state index contributed by atoms with van der Waals surface area (Å²) in [5.41, 5.74) is 5.53. The molecule has 2 aromatic carbocycles. The number of imidazole rings is 1. The second-order valence-electron chi connectivity index (χ2n) is 8.88. The third-order valence-corrected chi connectivity index (χ3v) is 6.61. The molecule has 1 fully saturated rings. The van der Waals surface area contributed by atoms with Gasteiger partial charge < -0.3 is 19.5 Å². The number of aromatic nitrogens is 4. The predicted molar refractivity (Wildman–Crippen MR) is 146 cm³/mol. The molecule has 0 unspecified atom stereocenters. The van der Waals surface area contributed by atoms with E-state index in [1.807, 2.05) is 54.6 Å². The number of benzene rings is 2. The summed E-state index contributed by atoms with van der Waals surface area (Å²) in [7, 11) is 1.52. The predicted octanol–water partition coefficient (Wildman–Crippen LogP) is 4.66. The Bertz CT molecular complexity index is 1690. The van der Waals surface area contributed by atoms with Gasteiger partial charge in [0.15, 0.2) is 5.65 Å². The first-order valence-electron chi connectivity index (χ1n) is 12.3. The van der Waals surface area contributed by atoms with Crippen molar-refractivity contribution in [1.82, 2.24) is 19.6 Å². The van der Waals surface area contributed by atoms with E-state index in [2.05, 4.69) is 10.00 Å². The van der Waals surface area contributed by atoms with E-state index in [0.717, 1.165) is 35.4 Å². The maximum atomic E-state index is 11.6. The Morgan fingerprint density at radius 1 is 1.03 bits per heavy atom. The molecule has 38 heavy (non-hydrogen) atoms. The zero-order valence-corrected chi connectivity index (χ0v) is 20.7. The molecule has 0 amide bonds. The number of carboxylic acid groups (broad SMARTS) is 1. The Balaban J connectivity index is 1.53. The van der Waals surface area contributed by atoms with Gasteiger partial charge in [0.2, 0.25) is 0 Å². The van der Waals surface area contributed by atoms with Gasteiger partial charge in [0.1, 0.15) is 11.4 Å². The number of aromatic carboxylic acids is 1. The first-order chi connectivity index (χ1) is 18.6. The van der Waals surface area contributed by atoms with Crippen molar-refractivity contribution in [3.63, 3.8) is 0 Å². The maximum Gasteiger partial charge on any atom is 0.335 e. The first kappa shape index (κ1) is 23.6. The number of carboxylic acids is 1. The molecule has 3 aromatic heterocycles. The SMILES string of the molecule is COc1cc(C(=O)O)ccc1-c1c(C=Cc2ccc3ccccc3n2)nc2c(N3CCOCC3)ccnn12. The van der Waals surface area contributed by atoms with Crippen LogP contribution in [0.3, 0.4) is 0 Å². The van der Waals surface area contributed by atoms with Crippen molar-refractivity contribution in [2.45, 2.75) is 0 Å². The summed E-state index contributed by atoms with van der Waals surface area (Å²) in [5.74, 6) is -0.605. The Hall–Kier alpha value is -4.76. The number of ether oxygens (including phenoxy) is 2. The molecule has 9 nitrogen and oxygen atoms in total. The molecule has 1 saturated heterocycles. The van der Waals surface area contributed by atoms with Gasteiger partial charge in [-0.25, -0.2) is 19.3 Å². The standard InChI is InChI=1S/C29H25N5O4/c1-37-26-18-20(29(35)36)7-10-22(26)27-24(11-9-21-8-6-19-4-2-3-5-23(19)31-21)32-28-25(12-13-30-34(27)28)33-14-16-38-17-15-33/h2-13,18H,14-17H2,1H3,(H,35,36). The molecule has 1 aliphatic heterocycles. The lowest BCUT2D eigenvalue weighted by Crippen LogP contribution is -2.36. The number of hydrogen-bond donors (Lipinski definition) is 1. The van der Waals surface area contributed by atoms with Crippen LogP contribution < -0.4 is 9.64 Å². The molecule has 0 radical (unpaired) electrons. The lowest BCUT2D eigenvalue weighted by atomic mass is 10.1. The minimum Gasteiger partial charge on any atom is -0.496 e. The molecule has 9 heteroatoms. The van der Waals surface area contributed by atoms with E-state index in [1.54, 1.807) is 22.8 Å². The highest BCUT2D eigenvalue weighted by Crippen LogP contribution is 2.36. The summed E-state index contributed by atoms with van der Waals surface area (Å²) in [6, 6.07) is 18.7. The highest BCUT2D eigenvalue weighted by atomic mass is 16.5. The van der Waals surface area contributed by atoms with Crippen LogP contribution in [0.2, 0.25) is 0 Å². The van der Waals surface area contributed by atoms with Crippen molar-refractivity contribution in [3.8, 4) is 17.0 Å². The molecular formula is C29H25N5O4. The van der Waals surface area contributed by atoms with Crippen molar-refractivity contribution in [3.05, 3.63) is 83.8 Å². The summed E-state index contributed by atoms with van der Waals surface area (Å²) in [6.45, 7) is 2.80. The summed E-state index contributed by atoms with van der Waals surface area (Å²) in [5, 5.41) is 15.2. The third-order valence-electron chi connectivity index (χ3n) is 6.61. The van der Waals surface area contributed by atoms with E-state index in [4.69, 9.17) is 19.4 Å². The highest BCUT2D eigenvalue weighted by molar-refractivity contribution is 5.91. The smallest absolute Gasteiger partial charge is 0.335 e. The summed E-state index contributed by atoms with van der Waals surface area (Å²) in [6.07, 6.45) is 5.58. The van der Waals surface area contributed by atoms with Crippen molar-refractivity contribution < 1.29 is 19.4 Å². The van der Waals surface area contributed by atoms with Gasteiger partial charge in [-0.1, -0.05) is 24.3 Å². The minimum absolute atomic E-state index is 0.138. The van der Waals surface area contributed by atoms with Crippen molar-refractivity contribution in [2.24, 2.45) is 0 Å². The number of nitrogens with zero attached hydrogens (tertiary/aromatic N) is 5. The van der Waals surface area contributed by atoms with E-state index in [0.29, 0.717) is 41.6 Å². The van der Waals surface area contributed by atoms with Crippen LogP contribution in [0.15, 0.2) is 66.9 Å². The van der Waals surface area contributed by atoms with E-state index in [1.165, 1.54) is 13.2 Å². The van der Waals surface area contributed by atoms with Crippen molar-refractivity contribution in [1.29, 1.82) is 0 Å². The molecule has 5 aromatic rings. The summed E-state index contributed by atoms with van der Waals surface area (Å²) >= 11 is 0. The number of anilines is 1. The molecule has 4 heterocycles. The van der Waals surface area contributed by atoms with Crippen molar-refractivity contribution in [2.75, 3.05) is 38.3 Å². The number of methoxy groups -OCH3 is 1. The van der Waals surface area contributed by atoms with E-state index >= 15 is 0 Å². The molecule has 1 aliphatic rings. The molecule has 0 bridgehead atoms. The number of rotatable bonds is 6. The van der Waals surface area contributed by atoms with E-state index in [9.17, 15) is 9.90 Å². The number of hydrogen-bond acceptors (Lipinski definition) is 7. The molecule has 1 N–H and O–H groups in total. The normalized spacial score (nSPS) is 14.0. The number of carbonyl (C=O) groups is 1. The van der Waals surface area contributed by atoms with Gasteiger partial charge in [-0.2, -0.15) is 5.10 Å². The molecule has 0 atom stereocenters. The Labute approximate surface area is 218 Å². The van der Waals surface area contributed by atoms with Crippen LogP contribution >= 0.6 is 0 Å². The topological polar surface area (TPSA) is 102 Å². The monoisotopic (exact) mass is 507 g/mol. The van der Waals surface area contributed by atoms with Crippen LogP contribution in [0.1, 0.15) is 21.7 Å². The maximum absolute atomic E-state index is 11.6. The average Bonchev–Trinajstić information content (AvgIpc) is 3.34. The lowest BCUT2D eigenvalue weighted by Gasteiger charge is -2.28. The molecule has 0 aliphatic carbocycles. The first-order valence-corrected chi connectivity index (χ1v) is 12.3. The van der Waals surface area contributed by atoms with Crippen LogP contribution in [0.4, 0.5) is 5.69 Å². The fraction of sp³-hybridized carbons (Fsp3) is 0.172. The molecule has 190 valence electrons. The fourth-order valence-corrected chi connectivity index (χ4v) is 4.73. The highest BCUT2D eigenvalue weighted by Gasteiger charge is 2.23. The summed E-state index contributed by atoms with van der Waals surface area (Å²) in [4.78, 5) is 23.6. The second kappa shape index (κ2) is 9.95. The Kier molecular flexibility index (Phi) is 6.19. The third kappa shape index (κ3) is 4.33. The van der Waals surface area contributed by atoms with Crippen LogP contribution in [0.5, 0.6) is 5.75 Å². The van der Waals surface area contributed by atoms with Crippen LogP contribution in [-0.2, 0) is 4.74 Å². The molecule has 0 spiro atoms. The fourth-order valence-electron chi connectivity index (χ4n) is 4.73. The molecular weight excluding hydrogens is 482 g/mol. The van der Waals surface area contributed by atoms with E-state index < -0.39 is 5.97 Å². The lowest BCUT2D eigenvalue weighted by molar-refractivity contribution is 0.0696. The number of fused-ring (bicyclic) bond motifs is 2. The van der Waals surface area contributed by atoms with E-state index in [-0.39, 0.29) is 5.56 Å². The average molecular weight is 508 g/mol. The molecule has 6 rings (SSSR count). The van der Waals surface area contributed by atoms with Gasteiger partial charge >= 0.3 is 5.97 Å². The van der Waals surface area contributed by atoms with Gasteiger partial charge in [-0.05, 0) is 48.6 Å². The Morgan fingerprint density at radius 2 is 1.87 bits per heavy atom. The zero-order valence-electron chi connectivity index (χ0n) is 20.7. The van der Waals surface area contributed by atoms with Crippen LogP contribution in [-0.4, -0.2) is 64.1 Å². The van der Waals surface area contributed by atoms with Crippen molar-refractivity contribution >= 4 is 40.4 Å². The van der Waals surface area contributed by atoms with Gasteiger partial charge in [-0.3, -0.25) is 0 Å². The van der Waals surface area contributed by atoms with Gasteiger partial charge in [0.05, 0.1) is 54.7 Å². The van der Waals surface area contributed by atoms with Gasteiger partial charge in [0.25, 0.3) is 0 Å². The quantitative estimate of drug-likeness (QED) is 0.354. The zero-order chi connectivity index (χ0) is 26.1.